The average molecular weight is 466 g/mol. The topological polar surface area (TPSA) is 64.3 Å². The maximum atomic E-state index is 13.5. The molecule has 2 fully saturated rings. The number of carbonyl (C=O) groups excluding carboxylic acids is 1. The minimum absolute atomic E-state index is 0. The van der Waals surface area contributed by atoms with E-state index in [2.05, 4.69) is 49.6 Å². The lowest BCUT2D eigenvalue weighted by molar-refractivity contribution is -0.136. The van der Waals surface area contributed by atoms with Crippen molar-refractivity contribution in [3.63, 3.8) is 0 Å². The molecule has 2 aromatic rings. The van der Waals surface area contributed by atoms with Crippen molar-refractivity contribution in [2.45, 2.75) is 50.6 Å². The molecule has 1 aromatic heterocycles. The van der Waals surface area contributed by atoms with Gasteiger partial charge in [0.05, 0.1) is 11.7 Å². The largest absolute Gasteiger partial charge is 0.341 e. The molecule has 0 radical (unpaired) electrons. The SMILES string of the molecule is Cl.Cl.O=C([C@@H]1CCCN1C1CCNCC1)N1CCc2[nH]nc(-c3ccccc3)c2CC1. The van der Waals surface area contributed by atoms with E-state index in [0.717, 1.165) is 69.7 Å². The van der Waals surface area contributed by atoms with Gasteiger partial charge in [0.15, 0.2) is 0 Å². The average Bonchev–Trinajstić information content (AvgIpc) is 3.37. The van der Waals surface area contributed by atoms with Crippen molar-refractivity contribution < 1.29 is 4.79 Å². The van der Waals surface area contributed by atoms with Gasteiger partial charge in [-0.1, -0.05) is 30.3 Å². The number of carbonyl (C=O) groups is 1. The van der Waals surface area contributed by atoms with Crippen LogP contribution in [0.2, 0.25) is 0 Å². The molecule has 8 heteroatoms. The molecular weight excluding hydrogens is 433 g/mol. The van der Waals surface area contributed by atoms with E-state index in [-0.39, 0.29) is 30.9 Å². The van der Waals surface area contributed by atoms with Gasteiger partial charge in [0, 0.05) is 42.4 Å². The number of amides is 1. The number of halogens is 2. The van der Waals surface area contributed by atoms with Gasteiger partial charge in [-0.2, -0.15) is 5.10 Å². The number of nitrogens with zero attached hydrogens (tertiary/aromatic N) is 3. The Bertz CT molecular complexity index is 853. The van der Waals surface area contributed by atoms with Gasteiger partial charge in [-0.05, 0) is 51.7 Å². The van der Waals surface area contributed by atoms with Crippen LogP contribution in [0.1, 0.15) is 36.9 Å². The number of aromatic nitrogens is 2. The van der Waals surface area contributed by atoms with E-state index in [9.17, 15) is 4.79 Å². The first-order chi connectivity index (χ1) is 14.3. The summed E-state index contributed by atoms with van der Waals surface area (Å²) in [5, 5.41) is 11.3. The van der Waals surface area contributed by atoms with Crippen molar-refractivity contribution in [3.8, 4) is 11.3 Å². The fourth-order valence-electron chi connectivity index (χ4n) is 5.38. The predicted molar refractivity (Wildman–Crippen MR) is 128 cm³/mol. The lowest BCUT2D eigenvalue weighted by atomic mass is 10.0. The molecule has 0 spiro atoms. The van der Waals surface area contributed by atoms with Crippen LogP contribution in [-0.4, -0.2) is 70.7 Å². The third kappa shape index (κ3) is 4.92. The molecule has 5 rings (SSSR count). The Morgan fingerprint density at radius 2 is 1.71 bits per heavy atom. The maximum Gasteiger partial charge on any atom is 0.239 e. The summed E-state index contributed by atoms with van der Waals surface area (Å²) in [5.41, 5.74) is 4.68. The zero-order chi connectivity index (χ0) is 19.6. The Balaban J connectivity index is 0.00000136. The highest BCUT2D eigenvalue weighted by Gasteiger charge is 2.38. The number of aromatic amines is 1. The van der Waals surface area contributed by atoms with Crippen LogP contribution in [0.15, 0.2) is 30.3 Å². The Morgan fingerprint density at radius 1 is 0.968 bits per heavy atom. The fraction of sp³-hybridized carbons (Fsp3) is 0.565. The number of nitrogens with one attached hydrogen (secondary N) is 2. The number of fused-ring (bicyclic) bond motifs is 1. The van der Waals surface area contributed by atoms with Gasteiger partial charge >= 0.3 is 0 Å². The van der Waals surface area contributed by atoms with E-state index in [1.165, 1.54) is 24.1 Å². The van der Waals surface area contributed by atoms with Crippen molar-refractivity contribution in [2.75, 3.05) is 32.7 Å². The van der Waals surface area contributed by atoms with Gasteiger partial charge in [0.2, 0.25) is 5.91 Å². The van der Waals surface area contributed by atoms with E-state index in [0.29, 0.717) is 11.9 Å². The van der Waals surface area contributed by atoms with Crippen LogP contribution in [0.3, 0.4) is 0 Å². The Kier molecular flexibility index (Phi) is 8.39. The number of rotatable bonds is 3. The van der Waals surface area contributed by atoms with Crippen LogP contribution in [0.5, 0.6) is 0 Å². The first-order valence-corrected chi connectivity index (χ1v) is 11.2. The normalized spacial score (nSPS) is 22.2. The third-order valence-electron chi connectivity index (χ3n) is 6.93. The number of likely N-dealkylation sites (tertiary alicyclic amines) is 1. The summed E-state index contributed by atoms with van der Waals surface area (Å²) < 4.78 is 0. The molecule has 0 bridgehead atoms. The highest BCUT2D eigenvalue weighted by Crippen LogP contribution is 2.29. The smallest absolute Gasteiger partial charge is 0.239 e. The Hall–Kier alpha value is -1.60. The number of benzene rings is 1. The highest BCUT2D eigenvalue weighted by atomic mass is 35.5. The molecule has 31 heavy (non-hydrogen) atoms. The molecular formula is C23H33Cl2N5O. The van der Waals surface area contributed by atoms with Crippen LogP contribution in [0, 0.1) is 0 Å². The van der Waals surface area contributed by atoms with Crippen LogP contribution < -0.4 is 5.32 Å². The first kappa shape index (κ1) is 24.1. The number of hydrogen-bond donors (Lipinski definition) is 2. The number of piperidine rings is 1. The van der Waals surface area contributed by atoms with Crippen molar-refractivity contribution in [3.05, 3.63) is 41.6 Å². The molecule has 170 valence electrons. The molecule has 6 nitrogen and oxygen atoms in total. The van der Waals surface area contributed by atoms with Crippen molar-refractivity contribution in [1.29, 1.82) is 0 Å². The predicted octanol–water partition coefficient (Wildman–Crippen LogP) is 3.06. The zero-order valence-corrected chi connectivity index (χ0v) is 19.5. The quantitative estimate of drug-likeness (QED) is 0.730. The standard InChI is InChI=1S/C23H31N5O.2ClH/c29-23(21-7-4-14-28(21)18-8-12-24-13-9-18)27-15-10-19-20(11-16-27)25-26-22(19)17-5-2-1-3-6-17;;/h1-3,5-6,18,21,24H,4,7-16H2,(H,25,26);2*1H/t21-;;/m0../s1. The second-order valence-electron chi connectivity index (χ2n) is 8.60. The Labute approximate surface area is 197 Å². The van der Waals surface area contributed by atoms with E-state index < -0.39 is 0 Å². The van der Waals surface area contributed by atoms with E-state index in [4.69, 9.17) is 0 Å². The first-order valence-electron chi connectivity index (χ1n) is 11.2. The molecule has 4 heterocycles. The molecule has 0 saturated carbocycles. The summed E-state index contributed by atoms with van der Waals surface area (Å²) in [4.78, 5) is 18.1. The number of H-pyrrole nitrogens is 1. The monoisotopic (exact) mass is 465 g/mol. The van der Waals surface area contributed by atoms with Crippen molar-refractivity contribution in [2.24, 2.45) is 0 Å². The third-order valence-corrected chi connectivity index (χ3v) is 6.93. The van der Waals surface area contributed by atoms with Crippen LogP contribution in [0.4, 0.5) is 0 Å². The van der Waals surface area contributed by atoms with Gasteiger partial charge in [0.1, 0.15) is 0 Å². The van der Waals surface area contributed by atoms with E-state index >= 15 is 0 Å². The molecule has 1 amide bonds. The molecule has 0 unspecified atom stereocenters. The molecule has 2 saturated heterocycles. The summed E-state index contributed by atoms with van der Waals surface area (Å²) in [5.74, 6) is 0.348. The molecule has 2 N–H and O–H groups in total. The van der Waals surface area contributed by atoms with Gasteiger partial charge < -0.3 is 10.2 Å². The molecule has 1 aromatic carbocycles. The minimum Gasteiger partial charge on any atom is -0.341 e. The fourth-order valence-corrected chi connectivity index (χ4v) is 5.38. The molecule has 3 aliphatic heterocycles. The zero-order valence-electron chi connectivity index (χ0n) is 17.9. The van der Waals surface area contributed by atoms with Crippen LogP contribution >= 0.6 is 24.8 Å². The second-order valence-corrected chi connectivity index (χ2v) is 8.60. The molecule has 3 aliphatic rings. The van der Waals surface area contributed by atoms with Crippen molar-refractivity contribution in [1.82, 2.24) is 25.3 Å². The molecule has 1 atom stereocenters. The summed E-state index contributed by atoms with van der Waals surface area (Å²) in [6, 6.07) is 11.0. The lowest BCUT2D eigenvalue weighted by Gasteiger charge is -2.37. The van der Waals surface area contributed by atoms with Crippen LogP contribution in [0.25, 0.3) is 11.3 Å². The van der Waals surface area contributed by atoms with Gasteiger partial charge in [-0.3, -0.25) is 14.8 Å². The summed E-state index contributed by atoms with van der Waals surface area (Å²) in [7, 11) is 0. The second kappa shape index (κ2) is 10.8. The highest BCUT2D eigenvalue weighted by molar-refractivity contribution is 5.85. The van der Waals surface area contributed by atoms with Gasteiger partial charge in [-0.25, -0.2) is 0 Å². The minimum atomic E-state index is 0. The summed E-state index contributed by atoms with van der Waals surface area (Å²) >= 11 is 0. The van der Waals surface area contributed by atoms with Crippen molar-refractivity contribution >= 4 is 30.7 Å². The van der Waals surface area contributed by atoms with Crippen LogP contribution in [-0.2, 0) is 17.6 Å². The van der Waals surface area contributed by atoms with Gasteiger partial charge in [0.25, 0.3) is 0 Å². The summed E-state index contributed by atoms with van der Waals surface area (Å²) in [6.07, 6.45) is 6.24. The van der Waals surface area contributed by atoms with E-state index in [1.807, 2.05) is 6.07 Å². The summed E-state index contributed by atoms with van der Waals surface area (Å²) in [6.45, 7) is 4.82. The van der Waals surface area contributed by atoms with Gasteiger partial charge in [-0.15, -0.1) is 24.8 Å². The Morgan fingerprint density at radius 3 is 2.48 bits per heavy atom. The van der Waals surface area contributed by atoms with E-state index in [1.54, 1.807) is 0 Å². The molecule has 0 aliphatic carbocycles. The maximum absolute atomic E-state index is 13.5. The number of hydrogen-bond acceptors (Lipinski definition) is 4. The lowest BCUT2D eigenvalue weighted by Crippen LogP contribution is -2.52.